The molecule has 0 saturated carbocycles. The second-order valence-electron chi connectivity index (χ2n) is 5.52. The van der Waals surface area contributed by atoms with E-state index in [4.69, 9.17) is 11.6 Å². The third kappa shape index (κ3) is 3.59. The third-order valence-corrected chi connectivity index (χ3v) is 4.22. The van der Waals surface area contributed by atoms with Gasteiger partial charge < -0.3 is 10.2 Å². The van der Waals surface area contributed by atoms with E-state index >= 15 is 0 Å². The van der Waals surface area contributed by atoms with Gasteiger partial charge in [-0.05, 0) is 27.4 Å². The standard InChI is InChI=1S/C14H24ClN5/c1-5-12-13(15)17-10(2)18-14(12)16-8-11-9-19(3)6-7-20(11)4/h11H,5-9H2,1-4H3,(H,16,17,18)/t11-/m0/s1. The number of nitrogens with one attached hydrogen (secondary N) is 1. The fourth-order valence-electron chi connectivity index (χ4n) is 2.56. The molecule has 1 N–H and O–H groups in total. The van der Waals surface area contributed by atoms with Crippen LogP contribution in [0.25, 0.3) is 0 Å². The van der Waals surface area contributed by atoms with E-state index in [1.807, 2.05) is 6.92 Å². The molecule has 0 spiro atoms. The van der Waals surface area contributed by atoms with Crippen LogP contribution in [0.4, 0.5) is 5.82 Å². The topological polar surface area (TPSA) is 44.3 Å². The monoisotopic (exact) mass is 297 g/mol. The van der Waals surface area contributed by atoms with Crippen LogP contribution in [-0.2, 0) is 6.42 Å². The number of aromatic nitrogens is 2. The molecule has 1 saturated heterocycles. The smallest absolute Gasteiger partial charge is 0.138 e. The van der Waals surface area contributed by atoms with Gasteiger partial charge in [0.05, 0.1) is 0 Å². The summed E-state index contributed by atoms with van der Waals surface area (Å²) >= 11 is 6.20. The molecule has 0 bridgehead atoms. The zero-order valence-corrected chi connectivity index (χ0v) is 13.5. The van der Waals surface area contributed by atoms with Gasteiger partial charge in [0.1, 0.15) is 16.8 Å². The Balaban J connectivity index is 2.06. The summed E-state index contributed by atoms with van der Waals surface area (Å²) in [5.41, 5.74) is 1.00. The Kier molecular flexibility index (Phi) is 5.18. The van der Waals surface area contributed by atoms with Crippen LogP contribution in [0.2, 0.25) is 5.15 Å². The molecule has 112 valence electrons. The van der Waals surface area contributed by atoms with Crippen molar-refractivity contribution in [1.82, 2.24) is 19.8 Å². The van der Waals surface area contributed by atoms with Crippen LogP contribution in [0, 0.1) is 6.92 Å². The highest BCUT2D eigenvalue weighted by Gasteiger charge is 2.22. The minimum atomic E-state index is 0.493. The van der Waals surface area contributed by atoms with E-state index in [1.54, 1.807) is 0 Å². The van der Waals surface area contributed by atoms with Crippen LogP contribution in [0.3, 0.4) is 0 Å². The van der Waals surface area contributed by atoms with Gasteiger partial charge in [0, 0.05) is 37.8 Å². The molecule has 1 aliphatic heterocycles. The third-order valence-electron chi connectivity index (χ3n) is 3.91. The van der Waals surface area contributed by atoms with Gasteiger partial charge in [-0.1, -0.05) is 18.5 Å². The Bertz CT molecular complexity index is 465. The van der Waals surface area contributed by atoms with Gasteiger partial charge in [-0.15, -0.1) is 0 Å². The van der Waals surface area contributed by atoms with Crippen LogP contribution in [0.1, 0.15) is 18.3 Å². The van der Waals surface area contributed by atoms with Crippen molar-refractivity contribution >= 4 is 17.4 Å². The normalized spacial score (nSPS) is 21.1. The number of hydrogen-bond donors (Lipinski definition) is 1. The number of nitrogens with zero attached hydrogens (tertiary/aromatic N) is 4. The largest absolute Gasteiger partial charge is 0.368 e. The lowest BCUT2D eigenvalue weighted by Gasteiger charge is -2.37. The molecule has 0 aliphatic carbocycles. The van der Waals surface area contributed by atoms with E-state index < -0.39 is 0 Å². The van der Waals surface area contributed by atoms with E-state index in [2.05, 4.69) is 46.1 Å². The van der Waals surface area contributed by atoms with Gasteiger partial charge in [-0.3, -0.25) is 4.90 Å². The van der Waals surface area contributed by atoms with Crippen molar-refractivity contribution in [1.29, 1.82) is 0 Å². The predicted octanol–water partition coefficient (Wildman–Crippen LogP) is 1.66. The first kappa shape index (κ1) is 15.5. The molecule has 20 heavy (non-hydrogen) atoms. The second-order valence-corrected chi connectivity index (χ2v) is 5.88. The highest BCUT2D eigenvalue weighted by molar-refractivity contribution is 6.30. The van der Waals surface area contributed by atoms with Crippen molar-refractivity contribution in [2.45, 2.75) is 26.3 Å². The van der Waals surface area contributed by atoms with E-state index in [0.717, 1.165) is 44.0 Å². The lowest BCUT2D eigenvalue weighted by molar-refractivity contribution is 0.122. The van der Waals surface area contributed by atoms with Crippen LogP contribution in [0.5, 0.6) is 0 Å². The molecule has 0 unspecified atom stereocenters. The number of hydrogen-bond acceptors (Lipinski definition) is 5. The Morgan fingerprint density at radius 2 is 2.05 bits per heavy atom. The molecule has 0 radical (unpaired) electrons. The van der Waals surface area contributed by atoms with Crippen molar-refractivity contribution in [3.8, 4) is 0 Å². The number of rotatable bonds is 4. The van der Waals surface area contributed by atoms with Crippen molar-refractivity contribution in [3.63, 3.8) is 0 Å². The number of halogens is 1. The zero-order chi connectivity index (χ0) is 14.7. The van der Waals surface area contributed by atoms with Crippen LogP contribution < -0.4 is 5.32 Å². The highest BCUT2D eigenvalue weighted by atomic mass is 35.5. The predicted molar refractivity (Wildman–Crippen MR) is 83.6 cm³/mol. The quantitative estimate of drug-likeness (QED) is 0.856. The van der Waals surface area contributed by atoms with Crippen molar-refractivity contribution in [2.24, 2.45) is 0 Å². The van der Waals surface area contributed by atoms with Gasteiger partial charge in [0.2, 0.25) is 0 Å². The second kappa shape index (κ2) is 6.70. The van der Waals surface area contributed by atoms with E-state index in [9.17, 15) is 0 Å². The first-order valence-electron chi connectivity index (χ1n) is 7.17. The summed E-state index contributed by atoms with van der Waals surface area (Å²) in [6.07, 6.45) is 0.835. The molecule has 1 fully saturated rings. The van der Waals surface area contributed by atoms with Gasteiger partial charge in [-0.25, -0.2) is 9.97 Å². The summed E-state index contributed by atoms with van der Waals surface area (Å²) in [5, 5.41) is 4.03. The summed E-state index contributed by atoms with van der Waals surface area (Å²) in [4.78, 5) is 13.5. The summed E-state index contributed by atoms with van der Waals surface area (Å²) in [7, 11) is 4.35. The SMILES string of the molecule is CCc1c(Cl)nc(C)nc1NC[C@H]1CN(C)CCN1C. The summed E-state index contributed by atoms with van der Waals surface area (Å²) in [6, 6.07) is 0.493. The van der Waals surface area contributed by atoms with Gasteiger partial charge in [-0.2, -0.15) is 0 Å². The molecule has 1 aromatic rings. The lowest BCUT2D eigenvalue weighted by atomic mass is 10.1. The van der Waals surface area contributed by atoms with Crippen LogP contribution >= 0.6 is 11.6 Å². The molecule has 6 heteroatoms. The molecular formula is C14H24ClN5. The summed E-state index contributed by atoms with van der Waals surface area (Å²) in [5.74, 6) is 1.59. The maximum absolute atomic E-state index is 6.20. The lowest BCUT2D eigenvalue weighted by Crippen LogP contribution is -2.52. The number of anilines is 1. The fraction of sp³-hybridized carbons (Fsp3) is 0.714. The maximum Gasteiger partial charge on any atom is 0.138 e. The maximum atomic E-state index is 6.20. The van der Waals surface area contributed by atoms with Crippen molar-refractivity contribution < 1.29 is 0 Å². The average molecular weight is 298 g/mol. The summed E-state index contributed by atoms with van der Waals surface area (Å²) in [6.45, 7) is 8.13. The minimum absolute atomic E-state index is 0.493. The molecule has 0 amide bonds. The molecule has 1 aromatic heterocycles. The average Bonchev–Trinajstić information content (AvgIpc) is 2.39. The van der Waals surface area contributed by atoms with Crippen molar-refractivity contribution in [3.05, 3.63) is 16.5 Å². The molecule has 0 aromatic carbocycles. The number of piperazine rings is 1. The van der Waals surface area contributed by atoms with Gasteiger partial charge in [0.15, 0.2) is 0 Å². The molecule has 5 nitrogen and oxygen atoms in total. The van der Waals surface area contributed by atoms with Gasteiger partial charge >= 0.3 is 0 Å². The first-order valence-corrected chi connectivity index (χ1v) is 7.54. The Morgan fingerprint density at radius 1 is 1.30 bits per heavy atom. The number of likely N-dealkylation sites (N-methyl/N-ethyl adjacent to an activating group) is 2. The fourth-order valence-corrected chi connectivity index (χ4v) is 2.90. The molecule has 1 atom stereocenters. The van der Waals surface area contributed by atoms with E-state index in [-0.39, 0.29) is 0 Å². The number of aryl methyl sites for hydroxylation is 1. The molecule has 2 rings (SSSR count). The highest BCUT2D eigenvalue weighted by Crippen LogP contribution is 2.22. The minimum Gasteiger partial charge on any atom is -0.368 e. The Labute approximate surface area is 126 Å². The van der Waals surface area contributed by atoms with Crippen LogP contribution in [0.15, 0.2) is 0 Å². The first-order chi connectivity index (χ1) is 9.51. The van der Waals surface area contributed by atoms with E-state index in [1.165, 1.54) is 0 Å². The van der Waals surface area contributed by atoms with Gasteiger partial charge in [0.25, 0.3) is 0 Å². The molecular weight excluding hydrogens is 274 g/mol. The van der Waals surface area contributed by atoms with E-state index in [0.29, 0.717) is 17.0 Å². The van der Waals surface area contributed by atoms with Crippen molar-refractivity contribution in [2.75, 3.05) is 45.6 Å². The molecule has 2 heterocycles. The van der Waals surface area contributed by atoms with Crippen LogP contribution in [-0.4, -0.2) is 66.1 Å². The Hall–Kier alpha value is -0.910. The zero-order valence-electron chi connectivity index (χ0n) is 12.8. The summed E-state index contributed by atoms with van der Waals surface area (Å²) < 4.78 is 0. The molecule has 1 aliphatic rings. The Morgan fingerprint density at radius 3 is 2.75 bits per heavy atom.